The van der Waals surface area contributed by atoms with Crippen LogP contribution in [-0.2, 0) is 13.5 Å². The Morgan fingerprint density at radius 2 is 2.07 bits per heavy atom. The molecule has 0 spiro atoms. The van der Waals surface area contributed by atoms with E-state index < -0.39 is 0 Å². The Labute approximate surface area is 92.1 Å². The molecule has 1 N–H and O–H groups in total. The van der Waals surface area contributed by atoms with Crippen molar-refractivity contribution in [1.82, 2.24) is 9.55 Å². The lowest BCUT2D eigenvalue weighted by Crippen LogP contribution is -2.10. The van der Waals surface area contributed by atoms with Crippen LogP contribution in [0, 0.1) is 5.92 Å². The van der Waals surface area contributed by atoms with Crippen LogP contribution in [0.15, 0.2) is 12.4 Å². The third kappa shape index (κ3) is 4.47. The highest BCUT2D eigenvalue weighted by atomic mass is 16.3. The van der Waals surface area contributed by atoms with E-state index in [-0.39, 0.29) is 6.10 Å². The van der Waals surface area contributed by atoms with Crippen molar-refractivity contribution >= 4 is 0 Å². The lowest BCUT2D eigenvalue weighted by atomic mass is 10.0. The highest BCUT2D eigenvalue weighted by molar-refractivity contribution is 4.91. The van der Waals surface area contributed by atoms with E-state index in [0.29, 0.717) is 5.92 Å². The van der Waals surface area contributed by atoms with Crippen molar-refractivity contribution in [1.29, 1.82) is 0 Å². The Kier molecular flexibility index (Phi) is 4.82. The Balaban J connectivity index is 2.22. The van der Waals surface area contributed by atoms with Crippen molar-refractivity contribution in [2.75, 3.05) is 0 Å². The molecule has 86 valence electrons. The Hall–Kier alpha value is -0.830. The fraction of sp³-hybridized carbons (Fsp3) is 0.750. The van der Waals surface area contributed by atoms with Crippen LogP contribution < -0.4 is 0 Å². The molecule has 15 heavy (non-hydrogen) atoms. The van der Waals surface area contributed by atoms with E-state index in [4.69, 9.17) is 0 Å². The van der Waals surface area contributed by atoms with Gasteiger partial charge in [-0.1, -0.05) is 13.8 Å². The summed E-state index contributed by atoms with van der Waals surface area (Å²) in [5.41, 5.74) is 0. The third-order valence-corrected chi connectivity index (χ3v) is 2.70. The second-order valence-electron chi connectivity index (χ2n) is 4.62. The Bertz CT molecular complexity index is 281. The van der Waals surface area contributed by atoms with Gasteiger partial charge in [0.05, 0.1) is 6.10 Å². The number of aryl methyl sites for hydroxylation is 2. The molecule has 1 unspecified atom stereocenters. The van der Waals surface area contributed by atoms with Crippen molar-refractivity contribution in [2.45, 2.75) is 45.6 Å². The molecule has 1 heterocycles. The third-order valence-electron chi connectivity index (χ3n) is 2.70. The van der Waals surface area contributed by atoms with Gasteiger partial charge >= 0.3 is 0 Å². The van der Waals surface area contributed by atoms with Crippen LogP contribution in [0.4, 0.5) is 0 Å². The van der Waals surface area contributed by atoms with Gasteiger partial charge in [-0.2, -0.15) is 0 Å². The van der Waals surface area contributed by atoms with Gasteiger partial charge in [0, 0.05) is 25.9 Å². The summed E-state index contributed by atoms with van der Waals surface area (Å²) >= 11 is 0. The molecule has 1 aromatic heterocycles. The van der Waals surface area contributed by atoms with E-state index in [9.17, 15) is 5.11 Å². The van der Waals surface area contributed by atoms with Crippen molar-refractivity contribution < 1.29 is 5.11 Å². The number of imidazole rings is 1. The molecular weight excluding hydrogens is 188 g/mol. The number of aliphatic hydroxyl groups excluding tert-OH is 1. The maximum Gasteiger partial charge on any atom is 0.108 e. The summed E-state index contributed by atoms with van der Waals surface area (Å²) in [6.45, 7) is 4.37. The van der Waals surface area contributed by atoms with Crippen LogP contribution in [0.1, 0.15) is 38.9 Å². The van der Waals surface area contributed by atoms with Gasteiger partial charge in [0.1, 0.15) is 5.82 Å². The van der Waals surface area contributed by atoms with Gasteiger partial charge in [0.25, 0.3) is 0 Å². The van der Waals surface area contributed by atoms with Gasteiger partial charge in [-0.05, 0) is 25.2 Å². The second kappa shape index (κ2) is 5.91. The SMILES string of the molecule is CC(C)CCC(O)CCc1nccn1C. The van der Waals surface area contributed by atoms with Crippen LogP contribution in [-0.4, -0.2) is 20.8 Å². The molecule has 1 rings (SSSR count). The second-order valence-corrected chi connectivity index (χ2v) is 4.62. The fourth-order valence-corrected chi connectivity index (χ4v) is 1.60. The molecule has 0 bridgehead atoms. The molecule has 0 fully saturated rings. The zero-order valence-corrected chi connectivity index (χ0v) is 9.98. The molecule has 0 saturated carbocycles. The monoisotopic (exact) mass is 210 g/mol. The molecule has 0 amide bonds. The Morgan fingerprint density at radius 1 is 1.33 bits per heavy atom. The standard InChI is InChI=1S/C12H22N2O/c1-10(2)4-5-11(15)6-7-12-13-8-9-14(12)3/h8-11,15H,4-7H2,1-3H3. The topological polar surface area (TPSA) is 38.1 Å². The lowest BCUT2D eigenvalue weighted by molar-refractivity contribution is 0.146. The Morgan fingerprint density at radius 3 is 2.60 bits per heavy atom. The molecule has 0 aliphatic carbocycles. The molecule has 1 atom stereocenters. The van der Waals surface area contributed by atoms with E-state index in [0.717, 1.165) is 31.5 Å². The molecule has 3 heteroatoms. The van der Waals surface area contributed by atoms with Crippen molar-refractivity contribution in [3.8, 4) is 0 Å². The summed E-state index contributed by atoms with van der Waals surface area (Å²) in [5.74, 6) is 1.73. The van der Waals surface area contributed by atoms with E-state index in [1.54, 1.807) is 6.20 Å². The molecule has 0 aliphatic rings. The normalized spacial score (nSPS) is 13.4. The average molecular weight is 210 g/mol. The van der Waals surface area contributed by atoms with Crippen molar-refractivity contribution in [2.24, 2.45) is 13.0 Å². The first kappa shape index (κ1) is 12.2. The summed E-state index contributed by atoms with van der Waals surface area (Å²) in [4.78, 5) is 4.23. The van der Waals surface area contributed by atoms with E-state index in [2.05, 4.69) is 18.8 Å². The summed E-state index contributed by atoms with van der Waals surface area (Å²) in [7, 11) is 1.99. The van der Waals surface area contributed by atoms with Crippen molar-refractivity contribution in [3.63, 3.8) is 0 Å². The number of aliphatic hydroxyl groups is 1. The highest BCUT2D eigenvalue weighted by Gasteiger charge is 2.07. The smallest absolute Gasteiger partial charge is 0.108 e. The summed E-state index contributed by atoms with van der Waals surface area (Å²) in [5, 5.41) is 9.75. The number of aromatic nitrogens is 2. The predicted molar refractivity (Wildman–Crippen MR) is 61.6 cm³/mol. The molecule has 0 radical (unpaired) electrons. The average Bonchev–Trinajstić information content (AvgIpc) is 2.58. The quantitative estimate of drug-likeness (QED) is 0.781. The first-order valence-corrected chi connectivity index (χ1v) is 5.74. The molecular formula is C12H22N2O. The lowest BCUT2D eigenvalue weighted by Gasteiger charge is -2.11. The largest absolute Gasteiger partial charge is 0.393 e. The summed E-state index contributed by atoms with van der Waals surface area (Å²) in [6.07, 6.45) is 7.25. The zero-order valence-electron chi connectivity index (χ0n) is 9.98. The highest BCUT2D eigenvalue weighted by Crippen LogP contribution is 2.11. The van der Waals surface area contributed by atoms with Crippen LogP contribution in [0.2, 0.25) is 0 Å². The van der Waals surface area contributed by atoms with Gasteiger partial charge in [-0.3, -0.25) is 0 Å². The summed E-state index contributed by atoms with van der Waals surface area (Å²) < 4.78 is 2.01. The van der Waals surface area contributed by atoms with E-state index in [1.807, 2.05) is 17.8 Å². The molecule has 0 saturated heterocycles. The van der Waals surface area contributed by atoms with Gasteiger partial charge in [-0.15, -0.1) is 0 Å². The number of hydrogen-bond donors (Lipinski definition) is 1. The first-order valence-electron chi connectivity index (χ1n) is 5.74. The number of rotatable bonds is 6. The zero-order chi connectivity index (χ0) is 11.3. The van der Waals surface area contributed by atoms with Crippen molar-refractivity contribution in [3.05, 3.63) is 18.2 Å². The van der Waals surface area contributed by atoms with Crippen LogP contribution in [0.25, 0.3) is 0 Å². The number of hydrogen-bond acceptors (Lipinski definition) is 2. The van der Waals surface area contributed by atoms with E-state index in [1.165, 1.54) is 0 Å². The minimum absolute atomic E-state index is 0.177. The minimum Gasteiger partial charge on any atom is -0.393 e. The minimum atomic E-state index is -0.177. The molecule has 0 aromatic carbocycles. The first-order chi connectivity index (χ1) is 7.09. The van der Waals surface area contributed by atoms with Crippen LogP contribution in [0.3, 0.4) is 0 Å². The van der Waals surface area contributed by atoms with Gasteiger partial charge < -0.3 is 9.67 Å². The summed E-state index contributed by atoms with van der Waals surface area (Å²) in [6, 6.07) is 0. The van der Waals surface area contributed by atoms with Gasteiger partial charge in [0.2, 0.25) is 0 Å². The maximum atomic E-state index is 9.75. The predicted octanol–water partition coefficient (Wildman–Crippen LogP) is 2.15. The molecule has 0 aliphatic heterocycles. The van der Waals surface area contributed by atoms with Gasteiger partial charge in [-0.25, -0.2) is 4.98 Å². The fourth-order valence-electron chi connectivity index (χ4n) is 1.60. The van der Waals surface area contributed by atoms with E-state index >= 15 is 0 Å². The number of nitrogens with zero attached hydrogens (tertiary/aromatic N) is 2. The van der Waals surface area contributed by atoms with Crippen LogP contribution >= 0.6 is 0 Å². The molecule has 3 nitrogen and oxygen atoms in total. The van der Waals surface area contributed by atoms with Gasteiger partial charge in [0.15, 0.2) is 0 Å². The van der Waals surface area contributed by atoms with Crippen LogP contribution in [0.5, 0.6) is 0 Å². The maximum absolute atomic E-state index is 9.75. The molecule has 1 aromatic rings.